The Morgan fingerprint density at radius 3 is 2.74 bits per heavy atom. The number of nitrogens with zero attached hydrogens (tertiary/aromatic N) is 1. The Morgan fingerprint density at radius 2 is 2.16 bits per heavy atom. The zero-order valence-corrected chi connectivity index (χ0v) is 12.2. The summed E-state index contributed by atoms with van der Waals surface area (Å²) in [5.74, 6) is 0.485. The van der Waals surface area contributed by atoms with Crippen LogP contribution in [0.2, 0.25) is 0 Å². The fraction of sp³-hybridized carbons (Fsp3) is 0.917. The lowest BCUT2D eigenvalue weighted by Crippen LogP contribution is -2.52. The van der Waals surface area contributed by atoms with Crippen molar-refractivity contribution in [1.29, 1.82) is 0 Å². The first-order valence-corrected chi connectivity index (χ1v) is 8.63. The molecule has 2 saturated heterocycles. The predicted molar refractivity (Wildman–Crippen MR) is 73.2 cm³/mol. The first-order valence-electron chi connectivity index (χ1n) is 7.02. The molecule has 0 aromatic carbocycles. The molecule has 0 aromatic heterocycles. The van der Waals surface area contributed by atoms with Crippen LogP contribution in [-0.2, 0) is 14.8 Å². The Bertz CT molecular complexity index is 420. The number of nitrogens with one attached hydrogen (secondary N) is 2. The van der Waals surface area contributed by atoms with Crippen LogP contribution in [0.15, 0.2) is 0 Å². The first-order chi connectivity index (χ1) is 9.04. The van der Waals surface area contributed by atoms with E-state index in [1.807, 2.05) is 6.92 Å². The maximum Gasteiger partial charge on any atom is 0.238 e. The van der Waals surface area contributed by atoms with E-state index in [9.17, 15) is 13.2 Å². The van der Waals surface area contributed by atoms with E-state index in [-0.39, 0.29) is 11.7 Å². The van der Waals surface area contributed by atoms with Gasteiger partial charge in [-0.1, -0.05) is 6.92 Å². The fourth-order valence-corrected chi connectivity index (χ4v) is 4.31. The van der Waals surface area contributed by atoms with Crippen molar-refractivity contribution in [3.63, 3.8) is 0 Å². The lowest BCUT2D eigenvalue weighted by atomic mass is 10.0. The van der Waals surface area contributed by atoms with E-state index in [4.69, 9.17) is 0 Å². The molecular formula is C12H23N3O3S. The fourth-order valence-electron chi connectivity index (χ4n) is 2.57. The average molecular weight is 289 g/mol. The highest BCUT2D eigenvalue weighted by atomic mass is 32.2. The molecule has 2 fully saturated rings. The van der Waals surface area contributed by atoms with Crippen molar-refractivity contribution in [3.8, 4) is 0 Å². The van der Waals surface area contributed by atoms with Crippen molar-refractivity contribution < 1.29 is 13.2 Å². The topological polar surface area (TPSA) is 78.5 Å². The van der Waals surface area contributed by atoms with E-state index in [1.54, 1.807) is 0 Å². The van der Waals surface area contributed by atoms with E-state index in [1.165, 1.54) is 4.31 Å². The maximum atomic E-state index is 12.1. The minimum absolute atomic E-state index is 0.128. The molecule has 6 nitrogen and oxygen atoms in total. The van der Waals surface area contributed by atoms with Gasteiger partial charge in [-0.25, -0.2) is 8.42 Å². The van der Waals surface area contributed by atoms with E-state index >= 15 is 0 Å². The van der Waals surface area contributed by atoms with Gasteiger partial charge in [-0.2, -0.15) is 4.31 Å². The van der Waals surface area contributed by atoms with Gasteiger partial charge in [0.05, 0.1) is 5.75 Å². The van der Waals surface area contributed by atoms with Crippen molar-refractivity contribution >= 4 is 15.9 Å². The average Bonchev–Trinajstić information content (AvgIpc) is 2.76. The summed E-state index contributed by atoms with van der Waals surface area (Å²) in [4.78, 5) is 12.1. The summed E-state index contributed by atoms with van der Waals surface area (Å²) in [6, 6.07) is -0.496. The number of hydrogen-bond acceptors (Lipinski definition) is 4. The monoisotopic (exact) mass is 289 g/mol. The number of rotatable bonds is 6. The highest BCUT2D eigenvalue weighted by molar-refractivity contribution is 7.89. The SMILES string of the molecule is CCCS(=O)(=O)N1CCCC1C(=O)NCC1CNC1. The van der Waals surface area contributed by atoms with Crippen LogP contribution in [0.3, 0.4) is 0 Å². The molecule has 1 unspecified atom stereocenters. The molecular weight excluding hydrogens is 266 g/mol. The third kappa shape index (κ3) is 3.46. The summed E-state index contributed by atoms with van der Waals surface area (Å²) in [5.41, 5.74) is 0. The number of sulfonamides is 1. The Balaban J connectivity index is 1.91. The molecule has 0 saturated carbocycles. The van der Waals surface area contributed by atoms with E-state index in [2.05, 4.69) is 10.6 Å². The van der Waals surface area contributed by atoms with Crippen LogP contribution in [0.1, 0.15) is 26.2 Å². The van der Waals surface area contributed by atoms with Gasteiger partial charge in [0.2, 0.25) is 15.9 Å². The molecule has 2 N–H and O–H groups in total. The normalized spacial score (nSPS) is 25.2. The van der Waals surface area contributed by atoms with Gasteiger partial charge in [-0.05, 0) is 19.3 Å². The smallest absolute Gasteiger partial charge is 0.238 e. The predicted octanol–water partition coefficient (Wildman–Crippen LogP) is -0.474. The summed E-state index contributed by atoms with van der Waals surface area (Å²) in [5, 5.41) is 6.03. The highest BCUT2D eigenvalue weighted by Gasteiger charge is 2.38. The molecule has 2 aliphatic heterocycles. The summed E-state index contributed by atoms with van der Waals surface area (Å²) in [7, 11) is -3.27. The Morgan fingerprint density at radius 1 is 1.42 bits per heavy atom. The van der Waals surface area contributed by atoms with Gasteiger partial charge in [0.1, 0.15) is 6.04 Å². The second-order valence-electron chi connectivity index (χ2n) is 5.35. The molecule has 7 heteroatoms. The standard InChI is InChI=1S/C12H23N3O3S/c1-2-6-19(17,18)15-5-3-4-11(15)12(16)14-9-10-7-13-8-10/h10-11,13H,2-9H2,1H3,(H,14,16). The number of carbonyl (C=O) groups excluding carboxylic acids is 1. The molecule has 0 aliphatic carbocycles. The van der Waals surface area contributed by atoms with Gasteiger partial charge in [-0.3, -0.25) is 4.79 Å². The van der Waals surface area contributed by atoms with Crippen molar-refractivity contribution in [2.24, 2.45) is 5.92 Å². The highest BCUT2D eigenvalue weighted by Crippen LogP contribution is 2.22. The zero-order chi connectivity index (χ0) is 13.9. The van der Waals surface area contributed by atoms with Gasteiger partial charge in [-0.15, -0.1) is 0 Å². The molecule has 2 heterocycles. The quantitative estimate of drug-likeness (QED) is 0.693. The Hall–Kier alpha value is -0.660. The van der Waals surface area contributed by atoms with Crippen LogP contribution in [0.25, 0.3) is 0 Å². The van der Waals surface area contributed by atoms with Crippen LogP contribution in [-0.4, -0.2) is 56.6 Å². The number of carbonyl (C=O) groups is 1. The third-order valence-electron chi connectivity index (χ3n) is 3.76. The van der Waals surface area contributed by atoms with Gasteiger partial charge < -0.3 is 10.6 Å². The maximum absolute atomic E-state index is 12.1. The molecule has 0 aromatic rings. The largest absolute Gasteiger partial charge is 0.354 e. The molecule has 0 bridgehead atoms. The summed E-state index contributed by atoms with van der Waals surface area (Å²) in [6.45, 7) is 4.83. The minimum atomic E-state index is -3.27. The Kier molecular flexibility index (Phi) is 4.81. The molecule has 2 aliphatic rings. The van der Waals surface area contributed by atoms with Crippen molar-refractivity contribution in [2.45, 2.75) is 32.2 Å². The first kappa shape index (κ1) is 14.7. The van der Waals surface area contributed by atoms with Crippen LogP contribution in [0.4, 0.5) is 0 Å². The third-order valence-corrected chi connectivity index (χ3v) is 5.83. The molecule has 2 rings (SSSR count). The molecule has 0 spiro atoms. The van der Waals surface area contributed by atoms with Crippen LogP contribution in [0.5, 0.6) is 0 Å². The Labute approximate surface area is 115 Å². The molecule has 110 valence electrons. The van der Waals surface area contributed by atoms with Gasteiger partial charge in [0.15, 0.2) is 0 Å². The lowest BCUT2D eigenvalue weighted by molar-refractivity contribution is -0.124. The summed E-state index contributed by atoms with van der Waals surface area (Å²) >= 11 is 0. The minimum Gasteiger partial charge on any atom is -0.354 e. The van der Waals surface area contributed by atoms with Crippen LogP contribution in [0, 0.1) is 5.92 Å². The van der Waals surface area contributed by atoms with Gasteiger partial charge in [0.25, 0.3) is 0 Å². The second kappa shape index (κ2) is 6.19. The summed E-state index contributed by atoms with van der Waals surface area (Å²) < 4.78 is 25.6. The second-order valence-corrected chi connectivity index (χ2v) is 7.40. The molecule has 1 amide bonds. The lowest BCUT2D eigenvalue weighted by Gasteiger charge is -2.29. The molecule has 19 heavy (non-hydrogen) atoms. The molecule has 0 radical (unpaired) electrons. The van der Waals surface area contributed by atoms with Gasteiger partial charge >= 0.3 is 0 Å². The molecule has 1 atom stereocenters. The van der Waals surface area contributed by atoms with E-state index < -0.39 is 16.1 Å². The zero-order valence-electron chi connectivity index (χ0n) is 11.4. The number of amides is 1. The van der Waals surface area contributed by atoms with Crippen LogP contribution < -0.4 is 10.6 Å². The van der Waals surface area contributed by atoms with E-state index in [0.717, 1.165) is 19.5 Å². The van der Waals surface area contributed by atoms with Gasteiger partial charge in [0, 0.05) is 32.1 Å². The number of hydrogen-bond donors (Lipinski definition) is 2. The summed E-state index contributed by atoms with van der Waals surface area (Å²) in [6.07, 6.45) is 1.99. The van der Waals surface area contributed by atoms with Crippen molar-refractivity contribution in [3.05, 3.63) is 0 Å². The van der Waals surface area contributed by atoms with E-state index in [0.29, 0.717) is 31.8 Å². The van der Waals surface area contributed by atoms with Crippen molar-refractivity contribution in [1.82, 2.24) is 14.9 Å². The van der Waals surface area contributed by atoms with Crippen molar-refractivity contribution in [2.75, 3.05) is 31.9 Å². The van der Waals surface area contributed by atoms with Crippen LogP contribution >= 0.6 is 0 Å².